The lowest BCUT2D eigenvalue weighted by Gasteiger charge is -2.10. The first kappa shape index (κ1) is 20.6. The summed E-state index contributed by atoms with van der Waals surface area (Å²) in [5.74, 6) is -0.613. The van der Waals surface area contributed by atoms with Crippen molar-refractivity contribution in [2.24, 2.45) is 0 Å². The molecule has 150 valence electrons. The van der Waals surface area contributed by atoms with Crippen molar-refractivity contribution >= 4 is 34.5 Å². The van der Waals surface area contributed by atoms with Crippen LogP contribution >= 0.6 is 22.9 Å². The SMILES string of the molecule is CCCCCCNC(=O)c1nn2c(C(F)(F)F)cc(-c3cccs3)nc2c1Cl. The van der Waals surface area contributed by atoms with Crippen molar-refractivity contribution in [2.75, 3.05) is 6.54 Å². The minimum atomic E-state index is -4.68. The molecule has 0 fully saturated rings. The van der Waals surface area contributed by atoms with Crippen LogP contribution in [0, 0.1) is 0 Å². The number of hydrogen-bond donors (Lipinski definition) is 1. The highest BCUT2D eigenvalue weighted by atomic mass is 35.5. The van der Waals surface area contributed by atoms with Crippen LogP contribution in [0.1, 0.15) is 48.8 Å². The summed E-state index contributed by atoms with van der Waals surface area (Å²) in [6, 6.07) is 4.29. The molecule has 0 aromatic carbocycles. The molecule has 1 N–H and O–H groups in total. The fourth-order valence-corrected chi connectivity index (χ4v) is 3.66. The first-order chi connectivity index (χ1) is 13.3. The first-order valence-corrected chi connectivity index (χ1v) is 10.1. The van der Waals surface area contributed by atoms with E-state index in [2.05, 4.69) is 22.3 Å². The predicted octanol–water partition coefficient (Wildman–Crippen LogP) is 5.44. The highest BCUT2D eigenvalue weighted by molar-refractivity contribution is 7.13. The quantitative estimate of drug-likeness (QED) is 0.508. The van der Waals surface area contributed by atoms with Gasteiger partial charge >= 0.3 is 6.18 Å². The van der Waals surface area contributed by atoms with Crippen molar-refractivity contribution in [1.82, 2.24) is 19.9 Å². The summed E-state index contributed by atoms with van der Waals surface area (Å²) >= 11 is 7.46. The molecule has 28 heavy (non-hydrogen) atoms. The number of nitrogens with one attached hydrogen (secondary N) is 1. The van der Waals surface area contributed by atoms with Gasteiger partial charge in [0, 0.05) is 6.54 Å². The van der Waals surface area contributed by atoms with Crippen LogP contribution in [0.3, 0.4) is 0 Å². The zero-order valence-electron chi connectivity index (χ0n) is 15.0. The number of thiophene rings is 1. The van der Waals surface area contributed by atoms with Gasteiger partial charge in [0.05, 0.1) is 10.6 Å². The number of amides is 1. The molecule has 0 radical (unpaired) electrons. The normalized spacial score (nSPS) is 11.9. The average Bonchev–Trinajstić information content (AvgIpc) is 3.28. The Balaban J connectivity index is 1.98. The van der Waals surface area contributed by atoms with Crippen LogP contribution in [0.5, 0.6) is 0 Å². The fraction of sp³-hybridized carbons (Fsp3) is 0.389. The molecule has 3 aromatic rings. The predicted molar refractivity (Wildman–Crippen MR) is 103 cm³/mol. The van der Waals surface area contributed by atoms with E-state index in [1.807, 2.05) is 0 Å². The zero-order chi connectivity index (χ0) is 20.3. The number of nitrogens with zero attached hydrogens (tertiary/aromatic N) is 3. The van der Waals surface area contributed by atoms with E-state index in [-0.39, 0.29) is 22.1 Å². The molecule has 0 aliphatic carbocycles. The topological polar surface area (TPSA) is 59.3 Å². The number of rotatable bonds is 7. The van der Waals surface area contributed by atoms with E-state index in [1.165, 1.54) is 11.3 Å². The second-order valence-electron chi connectivity index (χ2n) is 6.22. The van der Waals surface area contributed by atoms with E-state index in [1.54, 1.807) is 17.5 Å². The molecule has 0 unspecified atom stereocenters. The van der Waals surface area contributed by atoms with Crippen LogP contribution in [-0.2, 0) is 6.18 Å². The Morgan fingerprint density at radius 1 is 1.32 bits per heavy atom. The van der Waals surface area contributed by atoms with Crippen molar-refractivity contribution in [1.29, 1.82) is 0 Å². The van der Waals surface area contributed by atoms with Gasteiger partial charge in [0.15, 0.2) is 17.0 Å². The van der Waals surface area contributed by atoms with Crippen LogP contribution in [-0.4, -0.2) is 27.0 Å². The Hall–Kier alpha value is -2.13. The van der Waals surface area contributed by atoms with Gasteiger partial charge in [0.2, 0.25) is 0 Å². The Morgan fingerprint density at radius 3 is 2.75 bits per heavy atom. The number of alkyl halides is 3. The zero-order valence-corrected chi connectivity index (χ0v) is 16.6. The van der Waals surface area contributed by atoms with E-state index >= 15 is 0 Å². The maximum absolute atomic E-state index is 13.6. The minimum Gasteiger partial charge on any atom is -0.351 e. The number of fused-ring (bicyclic) bond motifs is 1. The number of carbonyl (C=O) groups excluding carboxylic acids is 1. The molecule has 3 heterocycles. The molecular weight excluding hydrogens is 413 g/mol. The number of aromatic nitrogens is 3. The number of halogens is 4. The Labute approximate surface area is 168 Å². The molecule has 0 saturated heterocycles. The van der Waals surface area contributed by atoms with E-state index < -0.39 is 17.8 Å². The van der Waals surface area contributed by atoms with Crippen LogP contribution in [0.15, 0.2) is 23.6 Å². The van der Waals surface area contributed by atoms with Gasteiger partial charge in [-0.3, -0.25) is 4.79 Å². The van der Waals surface area contributed by atoms with Crippen LogP contribution in [0.25, 0.3) is 16.2 Å². The van der Waals surface area contributed by atoms with Gasteiger partial charge in [-0.05, 0) is 23.9 Å². The van der Waals surface area contributed by atoms with Gasteiger partial charge in [-0.2, -0.15) is 18.3 Å². The van der Waals surface area contributed by atoms with Gasteiger partial charge in [0.1, 0.15) is 5.02 Å². The maximum Gasteiger partial charge on any atom is 0.433 e. The van der Waals surface area contributed by atoms with Gasteiger partial charge < -0.3 is 5.32 Å². The average molecular weight is 431 g/mol. The fourth-order valence-electron chi connectivity index (χ4n) is 2.73. The maximum atomic E-state index is 13.6. The number of carbonyl (C=O) groups is 1. The molecule has 5 nitrogen and oxygen atoms in total. The second kappa shape index (κ2) is 8.48. The lowest BCUT2D eigenvalue weighted by Crippen LogP contribution is -2.25. The molecule has 1 amide bonds. The first-order valence-electron chi connectivity index (χ1n) is 8.81. The Kier molecular flexibility index (Phi) is 6.24. The van der Waals surface area contributed by atoms with Gasteiger partial charge in [-0.15, -0.1) is 11.3 Å². The second-order valence-corrected chi connectivity index (χ2v) is 7.54. The molecule has 0 aliphatic heterocycles. The van der Waals surface area contributed by atoms with Crippen molar-refractivity contribution < 1.29 is 18.0 Å². The highest BCUT2D eigenvalue weighted by Crippen LogP contribution is 2.35. The summed E-state index contributed by atoms with van der Waals surface area (Å²) < 4.78 is 41.3. The van der Waals surface area contributed by atoms with E-state index in [0.717, 1.165) is 31.7 Å². The summed E-state index contributed by atoms with van der Waals surface area (Å²) in [6.45, 7) is 2.48. The monoisotopic (exact) mass is 430 g/mol. The van der Waals surface area contributed by atoms with E-state index in [9.17, 15) is 18.0 Å². The van der Waals surface area contributed by atoms with Crippen molar-refractivity contribution in [3.8, 4) is 10.6 Å². The molecule has 0 spiro atoms. The smallest absolute Gasteiger partial charge is 0.351 e. The summed E-state index contributed by atoms with van der Waals surface area (Å²) in [5, 5.41) is 8.00. The van der Waals surface area contributed by atoms with Gasteiger partial charge in [0.25, 0.3) is 5.91 Å². The highest BCUT2D eigenvalue weighted by Gasteiger charge is 2.36. The third kappa shape index (κ3) is 4.30. The van der Waals surface area contributed by atoms with Crippen molar-refractivity contribution in [3.05, 3.63) is 40.0 Å². The minimum absolute atomic E-state index is 0.128. The third-order valence-corrected chi connectivity index (χ3v) is 5.37. The molecule has 0 aliphatic rings. The third-order valence-electron chi connectivity index (χ3n) is 4.13. The van der Waals surface area contributed by atoms with Crippen LogP contribution in [0.4, 0.5) is 13.2 Å². The summed E-state index contributed by atoms with van der Waals surface area (Å²) in [6.07, 6.45) is -0.838. The van der Waals surface area contributed by atoms with Gasteiger partial charge in [-0.1, -0.05) is 43.9 Å². The van der Waals surface area contributed by atoms with Gasteiger partial charge in [-0.25, -0.2) is 9.50 Å². The molecule has 0 atom stereocenters. The number of hydrogen-bond acceptors (Lipinski definition) is 4. The summed E-state index contributed by atoms with van der Waals surface area (Å²) in [7, 11) is 0. The molecular formula is C18H18ClF3N4OS. The van der Waals surface area contributed by atoms with Crippen molar-refractivity contribution in [3.63, 3.8) is 0 Å². The Morgan fingerprint density at radius 2 is 2.11 bits per heavy atom. The van der Waals surface area contributed by atoms with Crippen LogP contribution in [0.2, 0.25) is 5.02 Å². The lowest BCUT2D eigenvalue weighted by molar-refractivity contribution is -0.142. The molecule has 0 bridgehead atoms. The Bertz CT molecular complexity index is 970. The molecule has 3 aromatic heterocycles. The van der Waals surface area contributed by atoms with Crippen molar-refractivity contribution in [2.45, 2.75) is 38.8 Å². The largest absolute Gasteiger partial charge is 0.433 e. The number of unbranched alkanes of at least 4 members (excludes halogenated alkanes) is 3. The molecule has 0 saturated carbocycles. The van der Waals surface area contributed by atoms with Crippen LogP contribution < -0.4 is 5.32 Å². The standard InChI is InChI=1S/C18H18ClF3N4OS/c1-2-3-4-5-8-23-17(27)15-14(19)16-24-11(12-7-6-9-28-12)10-13(18(20,21)22)26(16)25-15/h6-7,9-10H,2-5,8H2,1H3,(H,23,27). The summed E-state index contributed by atoms with van der Waals surface area (Å²) in [5.41, 5.74) is -1.37. The van der Waals surface area contributed by atoms with E-state index in [0.29, 0.717) is 15.9 Å². The lowest BCUT2D eigenvalue weighted by atomic mass is 10.2. The summed E-state index contributed by atoms with van der Waals surface area (Å²) in [4.78, 5) is 17.1. The molecule has 3 rings (SSSR count). The van der Waals surface area contributed by atoms with E-state index in [4.69, 9.17) is 11.6 Å². The molecule has 10 heteroatoms.